The molecule has 0 amide bonds. The van der Waals surface area contributed by atoms with Crippen molar-refractivity contribution in [2.24, 2.45) is 16.2 Å². The van der Waals surface area contributed by atoms with Crippen LogP contribution in [-0.4, -0.2) is 0 Å². The normalized spacial score (nSPS) is 10.8. The first-order valence-corrected chi connectivity index (χ1v) is 9.20. The summed E-state index contributed by atoms with van der Waals surface area (Å²) in [5.41, 5.74) is 2.23. The Labute approximate surface area is 176 Å². The molecule has 0 saturated heterocycles. The molecule has 0 radical (unpaired) electrons. The Hall–Kier alpha value is 0.0643. The molecule has 0 aliphatic carbocycles. The van der Waals surface area contributed by atoms with Gasteiger partial charge in [-0.3, -0.25) is 0 Å². The largest absolute Gasteiger partial charge is 4.00 e. The molecule has 1 heteroatoms. The van der Waals surface area contributed by atoms with Crippen LogP contribution >= 0.6 is 0 Å². The monoisotopic (exact) mass is 382 g/mol. The van der Waals surface area contributed by atoms with E-state index in [9.17, 15) is 0 Å². The molecule has 25 heavy (non-hydrogen) atoms. The van der Waals surface area contributed by atoms with Crippen LogP contribution in [0.1, 0.15) is 87.6 Å². The molecule has 0 heterocycles. The van der Waals surface area contributed by atoms with Gasteiger partial charge < -0.3 is 20.8 Å². The van der Waals surface area contributed by atoms with E-state index in [-0.39, 0.29) is 38.0 Å². The minimum atomic E-state index is 0. The second-order valence-electron chi connectivity index (χ2n) is 10.1. The van der Waals surface area contributed by atoms with Crippen LogP contribution in [0.15, 0.2) is 24.3 Å². The summed E-state index contributed by atoms with van der Waals surface area (Å²) in [5.74, 6) is 0. The van der Waals surface area contributed by atoms with Crippen molar-refractivity contribution in [1.29, 1.82) is 0 Å². The average Bonchev–Trinajstić information content (AvgIpc) is 2.71. The molecule has 0 bridgehead atoms. The molecule has 0 nitrogen and oxygen atoms in total. The van der Waals surface area contributed by atoms with Gasteiger partial charge in [-0.2, -0.15) is 33.9 Å². The Morgan fingerprint density at radius 1 is 0.680 bits per heavy atom. The van der Waals surface area contributed by atoms with Crippen LogP contribution in [0.2, 0.25) is 0 Å². The number of rotatable bonds is 3. The van der Waals surface area contributed by atoms with Gasteiger partial charge in [0.05, 0.1) is 0 Å². The van der Waals surface area contributed by atoms with Gasteiger partial charge in [-0.1, -0.05) is 88.5 Å². The first-order valence-electron chi connectivity index (χ1n) is 9.20. The summed E-state index contributed by atoms with van der Waals surface area (Å²) < 4.78 is 0. The molecule has 0 saturated carbocycles. The molecule has 0 aromatic heterocycles. The fourth-order valence-electron chi connectivity index (χ4n) is 0.961. The first-order chi connectivity index (χ1) is 10.4. The predicted octanol–water partition coefficient (Wildman–Crippen LogP) is 8.35. The average molecular weight is 382 g/mol. The van der Waals surface area contributed by atoms with Crippen molar-refractivity contribution in [2.45, 2.75) is 88.5 Å². The number of hydrogen-bond donors (Lipinski definition) is 0. The summed E-state index contributed by atoms with van der Waals surface area (Å²) in [6.07, 6.45) is 3.87. The summed E-state index contributed by atoms with van der Waals surface area (Å²) in [7, 11) is 0. The third kappa shape index (κ3) is 95.7. The number of unbranched alkanes of at least 4 members (excludes halogenated alkanes) is 1. The first kappa shape index (κ1) is 32.7. The fourth-order valence-corrected chi connectivity index (χ4v) is 0.961. The molecule has 146 valence electrons. The minimum Gasteiger partial charge on any atom is -0.338 e. The van der Waals surface area contributed by atoms with E-state index in [2.05, 4.69) is 114 Å². The van der Waals surface area contributed by atoms with Crippen LogP contribution in [0.3, 0.4) is 0 Å². The Morgan fingerprint density at radius 2 is 0.920 bits per heavy atom. The van der Waals surface area contributed by atoms with Crippen LogP contribution in [0, 0.1) is 37.0 Å². The number of hydrogen-bond acceptors (Lipinski definition) is 0. The Kier molecular flexibility index (Phi) is 21.3. The second-order valence-corrected chi connectivity index (χ2v) is 10.1. The molecule has 1 rings (SSSR count). The zero-order valence-corrected chi connectivity index (χ0v) is 20.6. The van der Waals surface area contributed by atoms with Crippen LogP contribution < -0.4 is 0 Å². The molecule has 0 atom stereocenters. The van der Waals surface area contributed by atoms with Gasteiger partial charge in [0.1, 0.15) is 0 Å². The molecule has 0 spiro atoms. The SMILES string of the molecule is CCCC[c-]1cccc1.[CH2-]C(C)(C)C.[CH2-]C(C)(C)C.[CH2-]C(C)(C)C.[Ti+4]. The Morgan fingerprint density at radius 3 is 1.12 bits per heavy atom. The van der Waals surface area contributed by atoms with E-state index in [0.717, 1.165) is 0 Å². The van der Waals surface area contributed by atoms with Crippen molar-refractivity contribution in [3.8, 4) is 0 Å². The van der Waals surface area contributed by atoms with Gasteiger partial charge in [-0.25, -0.2) is 12.1 Å². The Bertz CT molecular complexity index is 292. The minimum absolute atomic E-state index is 0. The van der Waals surface area contributed by atoms with Gasteiger partial charge in [0.25, 0.3) is 0 Å². The molecular weight excluding hydrogens is 336 g/mol. The molecular formula is C24H46Ti. The zero-order valence-electron chi connectivity index (χ0n) is 19.1. The van der Waals surface area contributed by atoms with Crippen LogP contribution in [0.4, 0.5) is 0 Å². The van der Waals surface area contributed by atoms with E-state index >= 15 is 0 Å². The van der Waals surface area contributed by atoms with Crippen molar-refractivity contribution in [3.05, 3.63) is 50.6 Å². The van der Waals surface area contributed by atoms with Gasteiger partial charge in [-0.05, 0) is 0 Å². The van der Waals surface area contributed by atoms with Crippen LogP contribution in [0.25, 0.3) is 0 Å². The predicted molar refractivity (Wildman–Crippen MR) is 115 cm³/mol. The molecule has 1 aromatic carbocycles. The summed E-state index contributed by atoms with van der Waals surface area (Å²) in [4.78, 5) is 0. The van der Waals surface area contributed by atoms with Crippen LogP contribution in [0.5, 0.6) is 0 Å². The number of aryl methyl sites for hydroxylation is 1. The second kappa shape index (κ2) is 16.3. The maximum absolute atomic E-state index is 3.77. The van der Waals surface area contributed by atoms with Crippen molar-refractivity contribution >= 4 is 0 Å². The van der Waals surface area contributed by atoms with Crippen molar-refractivity contribution < 1.29 is 21.7 Å². The van der Waals surface area contributed by atoms with Crippen molar-refractivity contribution in [1.82, 2.24) is 0 Å². The summed E-state index contributed by atoms with van der Waals surface area (Å²) >= 11 is 0. The molecule has 1 aromatic rings. The van der Waals surface area contributed by atoms with Gasteiger partial charge in [-0.15, -0.1) is 0 Å². The Balaban J connectivity index is -0.000000122. The van der Waals surface area contributed by atoms with E-state index in [0.29, 0.717) is 0 Å². The maximum atomic E-state index is 3.77. The molecule has 0 fully saturated rings. The van der Waals surface area contributed by atoms with Gasteiger partial charge in [0.2, 0.25) is 0 Å². The molecule has 0 aliphatic rings. The summed E-state index contributed by atoms with van der Waals surface area (Å²) in [5, 5.41) is 0. The van der Waals surface area contributed by atoms with E-state index in [1.807, 2.05) is 0 Å². The maximum Gasteiger partial charge on any atom is 4.00 e. The van der Waals surface area contributed by atoms with Gasteiger partial charge in [0, 0.05) is 0 Å². The summed E-state index contributed by atoms with van der Waals surface area (Å²) in [6.45, 7) is 32.2. The van der Waals surface area contributed by atoms with E-state index in [4.69, 9.17) is 0 Å². The summed E-state index contributed by atoms with van der Waals surface area (Å²) in [6, 6.07) is 8.58. The zero-order chi connectivity index (χ0) is 20.0. The molecule has 0 unspecified atom stereocenters. The van der Waals surface area contributed by atoms with Crippen molar-refractivity contribution in [2.75, 3.05) is 0 Å². The van der Waals surface area contributed by atoms with Gasteiger partial charge in [0.15, 0.2) is 0 Å². The third-order valence-corrected chi connectivity index (χ3v) is 1.55. The quantitative estimate of drug-likeness (QED) is 0.364. The topological polar surface area (TPSA) is 0 Å². The molecule has 0 N–H and O–H groups in total. The van der Waals surface area contributed by atoms with Crippen molar-refractivity contribution in [3.63, 3.8) is 0 Å². The third-order valence-electron chi connectivity index (χ3n) is 1.55. The molecule has 0 aliphatic heterocycles. The van der Waals surface area contributed by atoms with E-state index in [1.54, 1.807) is 0 Å². The smallest absolute Gasteiger partial charge is 0.338 e. The van der Waals surface area contributed by atoms with Crippen LogP contribution in [-0.2, 0) is 28.1 Å². The van der Waals surface area contributed by atoms with E-state index in [1.165, 1.54) is 24.8 Å². The fraction of sp³-hybridized carbons (Fsp3) is 0.667. The van der Waals surface area contributed by atoms with E-state index < -0.39 is 0 Å². The van der Waals surface area contributed by atoms with Gasteiger partial charge >= 0.3 is 21.7 Å². The standard InChI is InChI=1S/C9H13.3C5H11.Ti/c1-2-3-6-9-7-4-5-8-9;3*1-5(2,3)4;/h4-5,7-8H,2-3,6H2,1H3;3*1H2,2-4H3;/q4*-1;+4.